The minimum Gasteiger partial charge on any atom is -0.377 e. The van der Waals surface area contributed by atoms with Crippen molar-refractivity contribution in [2.45, 2.75) is 24.9 Å². The van der Waals surface area contributed by atoms with Gasteiger partial charge in [0.05, 0.1) is 10.2 Å². The number of benzene rings is 1. The molecular formula is C16H29O6Si3. The standard InChI is InChI=1S/C16H29O6Si3/c1-17-24(18-2,19-3)11-9-14-7-8-15(16(23)13-14)10-12-25(20-4,21-5)22-6/h7-8,13H,9-12H2,1-6H3. The second kappa shape index (κ2) is 10.7. The van der Waals surface area contributed by atoms with E-state index in [1.54, 1.807) is 42.7 Å². The highest BCUT2D eigenvalue weighted by atomic mass is 28.4. The SMILES string of the molecule is CO[Si](CCc1ccc(CC[Si](OC)(OC)OC)c([Si])c1)(OC)OC. The molecule has 0 heterocycles. The minimum absolute atomic E-state index is 0.723. The highest BCUT2D eigenvalue weighted by Crippen LogP contribution is 2.19. The van der Waals surface area contributed by atoms with Crippen LogP contribution in [0.2, 0.25) is 12.1 Å². The van der Waals surface area contributed by atoms with Crippen LogP contribution in [0.1, 0.15) is 11.1 Å². The molecule has 0 unspecified atom stereocenters. The second-order valence-electron chi connectivity index (χ2n) is 5.58. The smallest absolute Gasteiger partial charge is 0.377 e. The molecule has 3 radical (unpaired) electrons. The predicted octanol–water partition coefficient (Wildman–Crippen LogP) is 1.32. The van der Waals surface area contributed by atoms with Crippen molar-refractivity contribution in [2.24, 2.45) is 0 Å². The molecular weight excluding hydrogens is 372 g/mol. The fourth-order valence-corrected chi connectivity index (χ4v) is 6.48. The first kappa shape index (κ1) is 22.7. The first-order valence-electron chi connectivity index (χ1n) is 8.08. The summed E-state index contributed by atoms with van der Waals surface area (Å²) in [4.78, 5) is 0. The largest absolute Gasteiger partial charge is 0.500 e. The van der Waals surface area contributed by atoms with Gasteiger partial charge >= 0.3 is 17.6 Å². The van der Waals surface area contributed by atoms with Crippen molar-refractivity contribution in [3.05, 3.63) is 29.3 Å². The predicted molar refractivity (Wildman–Crippen MR) is 102 cm³/mol. The molecule has 0 N–H and O–H groups in total. The van der Waals surface area contributed by atoms with Crippen LogP contribution in [0.3, 0.4) is 0 Å². The number of hydrogen-bond acceptors (Lipinski definition) is 6. The van der Waals surface area contributed by atoms with Crippen LogP contribution >= 0.6 is 0 Å². The highest BCUT2D eigenvalue weighted by molar-refractivity contribution is 6.61. The van der Waals surface area contributed by atoms with Crippen molar-refractivity contribution < 1.29 is 26.6 Å². The molecule has 1 rings (SSSR count). The lowest BCUT2D eigenvalue weighted by molar-refractivity contribution is 0.123. The number of aryl methyl sites for hydroxylation is 2. The lowest BCUT2D eigenvalue weighted by atomic mass is 10.1. The van der Waals surface area contributed by atoms with E-state index >= 15 is 0 Å². The summed E-state index contributed by atoms with van der Waals surface area (Å²) in [6.07, 6.45) is 1.64. The molecule has 0 saturated heterocycles. The molecule has 0 atom stereocenters. The molecule has 0 aliphatic rings. The molecule has 25 heavy (non-hydrogen) atoms. The summed E-state index contributed by atoms with van der Waals surface area (Å²) < 4.78 is 32.8. The van der Waals surface area contributed by atoms with Crippen molar-refractivity contribution in [1.82, 2.24) is 0 Å². The van der Waals surface area contributed by atoms with Gasteiger partial charge in [-0.3, -0.25) is 0 Å². The van der Waals surface area contributed by atoms with Crippen molar-refractivity contribution in [1.29, 1.82) is 0 Å². The van der Waals surface area contributed by atoms with Crippen LogP contribution in [-0.4, -0.2) is 70.5 Å². The third kappa shape index (κ3) is 6.08. The Morgan fingerprint density at radius 3 is 1.56 bits per heavy atom. The van der Waals surface area contributed by atoms with Gasteiger partial charge in [0.2, 0.25) is 0 Å². The summed E-state index contributed by atoms with van der Waals surface area (Å²) in [5.41, 5.74) is 2.39. The fraction of sp³-hybridized carbons (Fsp3) is 0.625. The van der Waals surface area contributed by atoms with E-state index < -0.39 is 17.6 Å². The Morgan fingerprint density at radius 1 is 0.720 bits per heavy atom. The van der Waals surface area contributed by atoms with Crippen molar-refractivity contribution in [2.75, 3.05) is 42.7 Å². The van der Waals surface area contributed by atoms with Gasteiger partial charge in [-0.25, -0.2) is 0 Å². The monoisotopic (exact) mass is 401 g/mol. The zero-order valence-electron chi connectivity index (χ0n) is 16.0. The molecule has 0 bridgehead atoms. The van der Waals surface area contributed by atoms with Gasteiger partial charge in [0.1, 0.15) is 0 Å². The van der Waals surface area contributed by atoms with Crippen LogP contribution in [0.5, 0.6) is 0 Å². The van der Waals surface area contributed by atoms with E-state index in [0.29, 0.717) is 0 Å². The molecule has 0 fully saturated rings. The van der Waals surface area contributed by atoms with Gasteiger partial charge in [-0.2, -0.15) is 0 Å². The molecule has 0 spiro atoms. The van der Waals surface area contributed by atoms with Crippen LogP contribution < -0.4 is 5.19 Å². The first-order valence-corrected chi connectivity index (χ1v) is 12.4. The van der Waals surface area contributed by atoms with E-state index in [-0.39, 0.29) is 0 Å². The van der Waals surface area contributed by atoms with Crippen LogP contribution in [0, 0.1) is 0 Å². The molecule has 141 valence electrons. The van der Waals surface area contributed by atoms with Crippen LogP contribution in [0.4, 0.5) is 0 Å². The quantitative estimate of drug-likeness (QED) is 0.493. The Labute approximate surface area is 156 Å². The first-order chi connectivity index (χ1) is 11.9. The topological polar surface area (TPSA) is 55.4 Å². The molecule has 1 aromatic rings. The summed E-state index contributed by atoms with van der Waals surface area (Å²) in [5, 5.41) is 1.06. The maximum atomic E-state index is 5.48. The molecule has 6 nitrogen and oxygen atoms in total. The average Bonchev–Trinajstić information content (AvgIpc) is 2.66. The lowest BCUT2D eigenvalue weighted by Gasteiger charge is -2.25. The Morgan fingerprint density at radius 2 is 1.16 bits per heavy atom. The molecule has 1 aromatic carbocycles. The molecule has 0 saturated carbocycles. The van der Waals surface area contributed by atoms with E-state index in [1.807, 2.05) is 0 Å². The summed E-state index contributed by atoms with van der Waals surface area (Å²) >= 11 is 0. The lowest BCUT2D eigenvalue weighted by Crippen LogP contribution is -2.43. The van der Waals surface area contributed by atoms with Gasteiger partial charge in [0.25, 0.3) is 0 Å². The van der Waals surface area contributed by atoms with E-state index in [4.69, 9.17) is 26.6 Å². The third-order valence-electron chi connectivity index (χ3n) is 4.46. The van der Waals surface area contributed by atoms with E-state index in [0.717, 1.165) is 30.1 Å². The molecule has 0 aliphatic heterocycles. The van der Waals surface area contributed by atoms with Crippen molar-refractivity contribution in [3.63, 3.8) is 0 Å². The number of rotatable bonds is 12. The van der Waals surface area contributed by atoms with Gasteiger partial charge in [0.15, 0.2) is 0 Å². The van der Waals surface area contributed by atoms with E-state index in [2.05, 4.69) is 28.4 Å². The summed E-state index contributed by atoms with van der Waals surface area (Å²) in [7, 11) is 8.42. The van der Waals surface area contributed by atoms with Gasteiger partial charge in [0, 0.05) is 54.7 Å². The van der Waals surface area contributed by atoms with Gasteiger partial charge in [-0.1, -0.05) is 23.4 Å². The normalized spacial score (nSPS) is 12.6. The second-order valence-corrected chi connectivity index (χ2v) is 12.3. The highest BCUT2D eigenvalue weighted by Gasteiger charge is 2.38. The maximum absolute atomic E-state index is 5.48. The van der Waals surface area contributed by atoms with E-state index in [9.17, 15) is 0 Å². The summed E-state index contributed by atoms with van der Waals surface area (Å²) in [5.74, 6) is 0. The molecule has 0 amide bonds. The zero-order chi connectivity index (χ0) is 18.9. The van der Waals surface area contributed by atoms with Crippen LogP contribution in [0.25, 0.3) is 0 Å². The summed E-state index contributed by atoms with van der Waals surface area (Å²) in [6.45, 7) is 0. The molecule has 9 heteroatoms. The Bertz CT molecular complexity index is 504. The zero-order valence-corrected chi connectivity index (χ0v) is 19.0. The Balaban J connectivity index is 2.74. The van der Waals surface area contributed by atoms with Gasteiger partial charge in [-0.05, 0) is 24.0 Å². The molecule has 0 aliphatic carbocycles. The van der Waals surface area contributed by atoms with Crippen LogP contribution in [-0.2, 0) is 39.4 Å². The summed E-state index contributed by atoms with van der Waals surface area (Å²) in [6, 6.07) is 7.82. The van der Waals surface area contributed by atoms with E-state index in [1.165, 1.54) is 11.1 Å². The van der Waals surface area contributed by atoms with Gasteiger partial charge in [-0.15, -0.1) is 0 Å². The molecule has 0 aromatic heterocycles. The Hall–Kier alpha value is -0.369. The Kier molecular flexibility index (Phi) is 9.70. The van der Waals surface area contributed by atoms with Crippen LogP contribution in [0.15, 0.2) is 18.2 Å². The van der Waals surface area contributed by atoms with Crippen molar-refractivity contribution in [3.8, 4) is 0 Å². The number of hydrogen-bond donors (Lipinski definition) is 0. The van der Waals surface area contributed by atoms with Crippen molar-refractivity contribution >= 4 is 33.0 Å². The van der Waals surface area contributed by atoms with Gasteiger partial charge < -0.3 is 26.6 Å². The average molecular weight is 402 g/mol. The fourth-order valence-electron chi connectivity index (χ4n) is 2.69. The third-order valence-corrected chi connectivity index (χ3v) is 10.4. The minimum atomic E-state index is -2.56. The maximum Gasteiger partial charge on any atom is 0.500 e.